The van der Waals surface area contributed by atoms with Gasteiger partial charge in [0, 0.05) is 21.2 Å². The van der Waals surface area contributed by atoms with Crippen LogP contribution in [0, 0.1) is 0 Å². The number of nitrogens with zero attached hydrogens (tertiary/aromatic N) is 3. The van der Waals surface area contributed by atoms with Crippen molar-refractivity contribution in [2.45, 2.75) is 11.9 Å². The maximum absolute atomic E-state index is 12.6. The van der Waals surface area contributed by atoms with Crippen LogP contribution in [0.15, 0.2) is 93.5 Å². The van der Waals surface area contributed by atoms with E-state index in [1.807, 2.05) is 78.9 Å². The monoisotopic (exact) mass is 506 g/mol. The molecule has 0 bridgehead atoms. The van der Waals surface area contributed by atoms with E-state index in [4.69, 9.17) is 9.84 Å². The van der Waals surface area contributed by atoms with Gasteiger partial charge in [0.1, 0.15) is 0 Å². The zero-order chi connectivity index (χ0) is 22.1. The zero-order valence-corrected chi connectivity index (χ0v) is 19.6. The Morgan fingerprint density at radius 3 is 2.53 bits per heavy atom. The molecule has 1 spiro atoms. The van der Waals surface area contributed by atoms with E-state index in [-0.39, 0.29) is 11.7 Å². The minimum atomic E-state index is -0.926. The highest BCUT2D eigenvalue weighted by Crippen LogP contribution is 2.49. The molecule has 0 unspecified atom stereocenters. The minimum absolute atomic E-state index is 0.274. The minimum Gasteiger partial charge on any atom is -0.461 e. The van der Waals surface area contributed by atoms with Crippen LogP contribution in [0.3, 0.4) is 0 Å². The molecule has 3 aromatic carbocycles. The first-order valence-electron chi connectivity index (χ1n) is 10.1. The molecule has 0 aliphatic carbocycles. The summed E-state index contributed by atoms with van der Waals surface area (Å²) >= 11 is 4.79. The van der Waals surface area contributed by atoms with Crippen LogP contribution in [0.4, 0.5) is 5.69 Å². The summed E-state index contributed by atoms with van der Waals surface area (Å²) in [5.41, 5.74) is 7.94. The summed E-state index contributed by atoms with van der Waals surface area (Å²) in [6, 6.07) is 25.9. The fourth-order valence-corrected chi connectivity index (χ4v) is 5.18. The van der Waals surface area contributed by atoms with Crippen LogP contribution >= 0.6 is 27.7 Å². The van der Waals surface area contributed by atoms with Crippen molar-refractivity contribution in [1.82, 2.24) is 5.43 Å². The van der Waals surface area contributed by atoms with E-state index in [1.54, 1.807) is 11.9 Å². The van der Waals surface area contributed by atoms with Crippen LogP contribution in [-0.4, -0.2) is 23.3 Å². The first-order chi connectivity index (χ1) is 15.6. The highest BCUT2D eigenvalue weighted by atomic mass is 79.9. The van der Waals surface area contributed by atoms with Gasteiger partial charge in [-0.25, -0.2) is 9.80 Å². The summed E-state index contributed by atoms with van der Waals surface area (Å²) in [5.74, 6) is -0.450. The van der Waals surface area contributed by atoms with E-state index in [2.05, 4.69) is 26.5 Å². The van der Waals surface area contributed by atoms with Gasteiger partial charge in [-0.1, -0.05) is 70.5 Å². The van der Waals surface area contributed by atoms with Gasteiger partial charge in [-0.2, -0.15) is 10.2 Å². The number of thioether (sulfide) groups is 1. The van der Waals surface area contributed by atoms with Gasteiger partial charge in [-0.3, -0.25) is 5.43 Å². The third-order valence-electron chi connectivity index (χ3n) is 5.17. The lowest BCUT2D eigenvalue weighted by Gasteiger charge is -2.40. The molecule has 6 nitrogen and oxygen atoms in total. The fraction of sp³-hybridized carbons (Fsp3) is 0.125. The summed E-state index contributed by atoms with van der Waals surface area (Å²) in [4.78, 5) is 11.7. The molecule has 2 aliphatic rings. The number of benzene rings is 3. The maximum atomic E-state index is 12.6. The Morgan fingerprint density at radius 2 is 1.78 bits per heavy atom. The van der Waals surface area contributed by atoms with Gasteiger partial charge in [0.15, 0.2) is 0 Å². The van der Waals surface area contributed by atoms with Gasteiger partial charge in [-0.05, 0) is 43.0 Å². The number of hydrazone groups is 2. The second kappa shape index (κ2) is 8.44. The maximum Gasteiger partial charge on any atom is 0.365 e. The smallest absolute Gasteiger partial charge is 0.365 e. The summed E-state index contributed by atoms with van der Waals surface area (Å²) in [6.45, 7) is 2.06. The first-order valence-corrected chi connectivity index (χ1v) is 11.7. The number of anilines is 1. The lowest BCUT2D eigenvalue weighted by Crippen LogP contribution is -2.51. The highest BCUT2D eigenvalue weighted by molar-refractivity contribution is 9.10. The number of halogens is 1. The molecule has 5 rings (SSSR count). The van der Waals surface area contributed by atoms with Crippen molar-refractivity contribution in [3.8, 4) is 0 Å². The van der Waals surface area contributed by atoms with Crippen molar-refractivity contribution in [1.29, 1.82) is 0 Å². The molecule has 0 radical (unpaired) electrons. The number of rotatable bonds is 4. The Hall–Kier alpha value is -3.10. The van der Waals surface area contributed by atoms with Crippen molar-refractivity contribution in [3.05, 3.63) is 100 Å². The van der Waals surface area contributed by atoms with Crippen LogP contribution in [0.2, 0.25) is 0 Å². The van der Waals surface area contributed by atoms with Crippen LogP contribution in [-0.2, 0) is 14.5 Å². The Bertz CT molecular complexity index is 1230. The van der Waals surface area contributed by atoms with E-state index in [0.717, 1.165) is 32.6 Å². The van der Waals surface area contributed by atoms with E-state index in [1.165, 1.54) is 11.8 Å². The second-order valence-corrected chi connectivity index (χ2v) is 9.24. The molecule has 2 heterocycles. The van der Waals surface area contributed by atoms with Gasteiger partial charge < -0.3 is 4.74 Å². The topological polar surface area (TPSA) is 66.3 Å². The number of nitrogens with one attached hydrogen (secondary N) is 1. The number of esters is 1. The lowest BCUT2D eigenvalue weighted by molar-refractivity contribution is -0.134. The molecule has 8 heteroatoms. The molecule has 160 valence electrons. The van der Waals surface area contributed by atoms with Crippen molar-refractivity contribution in [2.75, 3.05) is 11.6 Å². The predicted octanol–water partition coefficient (Wildman–Crippen LogP) is 5.05. The molecule has 0 aromatic heterocycles. The Morgan fingerprint density at radius 1 is 1.06 bits per heavy atom. The van der Waals surface area contributed by atoms with Crippen LogP contribution < -0.4 is 10.4 Å². The van der Waals surface area contributed by atoms with Gasteiger partial charge in [0.25, 0.3) is 0 Å². The molecule has 0 fully saturated rings. The number of fused-ring (bicyclic) bond motifs is 2. The van der Waals surface area contributed by atoms with E-state index < -0.39 is 11.0 Å². The summed E-state index contributed by atoms with van der Waals surface area (Å²) in [6.07, 6.45) is 0. The third kappa shape index (κ3) is 3.49. The molecule has 0 amide bonds. The van der Waals surface area contributed by atoms with Crippen LogP contribution in [0.25, 0.3) is 0 Å². The van der Waals surface area contributed by atoms with E-state index in [9.17, 15) is 4.79 Å². The molecule has 32 heavy (non-hydrogen) atoms. The summed E-state index contributed by atoms with van der Waals surface area (Å²) in [7, 11) is 0. The molecular weight excluding hydrogens is 488 g/mol. The largest absolute Gasteiger partial charge is 0.461 e. The standard InChI is InChI=1S/C24H19BrN4O2S/c1-2-31-23(30)22-27-29(18-14-12-17(25)13-15-18)24(32-22)20-11-7-6-10-19(20)21(26-28-24)16-8-4-3-5-9-16/h3-15,28H,2H2,1H3/t24-/m0/s1. The zero-order valence-electron chi connectivity index (χ0n) is 17.2. The fourth-order valence-electron chi connectivity index (χ4n) is 3.75. The van der Waals surface area contributed by atoms with Crippen LogP contribution in [0.1, 0.15) is 23.6 Å². The summed E-state index contributed by atoms with van der Waals surface area (Å²) < 4.78 is 6.21. The normalized spacial score (nSPS) is 19.1. The van der Waals surface area contributed by atoms with Crippen molar-refractivity contribution in [2.24, 2.45) is 10.2 Å². The molecule has 0 saturated heterocycles. The third-order valence-corrected chi connectivity index (χ3v) is 6.92. The first kappa shape index (κ1) is 20.8. The second-order valence-electron chi connectivity index (χ2n) is 7.14. The molecule has 2 aliphatic heterocycles. The van der Waals surface area contributed by atoms with Gasteiger partial charge in [0.05, 0.1) is 18.0 Å². The van der Waals surface area contributed by atoms with Crippen molar-refractivity contribution in [3.63, 3.8) is 0 Å². The van der Waals surface area contributed by atoms with Gasteiger partial charge >= 0.3 is 5.97 Å². The Balaban J connectivity index is 1.66. The average Bonchev–Trinajstić information content (AvgIpc) is 3.21. The Labute approximate surface area is 198 Å². The number of ether oxygens (including phenoxy) is 1. The number of carbonyl (C=O) groups excluding carboxylic acids is 1. The SMILES string of the molecule is CCOC(=O)C1=NN(c2ccc(Br)cc2)[C@]2(NN=C(c3ccccc3)c3ccccc32)S1. The van der Waals surface area contributed by atoms with Crippen molar-refractivity contribution >= 4 is 50.1 Å². The van der Waals surface area contributed by atoms with Crippen LogP contribution in [0.5, 0.6) is 0 Å². The molecule has 3 aromatic rings. The molecule has 1 atom stereocenters. The Kier molecular flexibility index (Phi) is 5.48. The van der Waals surface area contributed by atoms with E-state index >= 15 is 0 Å². The van der Waals surface area contributed by atoms with E-state index in [0.29, 0.717) is 0 Å². The quantitative estimate of drug-likeness (QED) is 0.501. The van der Waals surface area contributed by atoms with Crippen molar-refractivity contribution < 1.29 is 9.53 Å². The van der Waals surface area contributed by atoms with Gasteiger partial charge in [-0.15, -0.1) is 0 Å². The number of hydrogen-bond donors (Lipinski definition) is 1. The number of hydrogen-bond acceptors (Lipinski definition) is 7. The lowest BCUT2D eigenvalue weighted by atomic mass is 9.94. The summed E-state index contributed by atoms with van der Waals surface area (Å²) in [5, 5.41) is 11.5. The predicted molar refractivity (Wildman–Crippen MR) is 132 cm³/mol. The molecule has 1 N–H and O–H groups in total. The van der Waals surface area contributed by atoms with Gasteiger partial charge in [0.2, 0.25) is 10.0 Å². The molecule has 0 saturated carbocycles. The average molecular weight is 507 g/mol. The highest BCUT2D eigenvalue weighted by Gasteiger charge is 2.51. The number of carbonyl (C=O) groups is 1. The molecular formula is C24H19BrN4O2S.